The van der Waals surface area contributed by atoms with Crippen molar-refractivity contribution in [3.05, 3.63) is 70.0 Å². The SMILES string of the molecule is COC(=O)Cn1c(S[C@H](C)C(=O)c2ccc(F)c(F)c2)nc2ccccc2c1=O. The fourth-order valence-corrected chi connectivity index (χ4v) is 3.65. The Balaban J connectivity index is 2.00. The monoisotopic (exact) mass is 418 g/mol. The van der Waals surface area contributed by atoms with E-state index in [0.717, 1.165) is 28.5 Å². The number of hydrogen-bond donors (Lipinski definition) is 0. The molecule has 150 valence electrons. The van der Waals surface area contributed by atoms with Crippen LogP contribution in [-0.2, 0) is 16.1 Å². The predicted octanol–water partition coefficient (Wildman–Crippen LogP) is 3.21. The highest BCUT2D eigenvalue weighted by Gasteiger charge is 2.22. The third kappa shape index (κ3) is 4.34. The zero-order valence-electron chi connectivity index (χ0n) is 15.5. The van der Waals surface area contributed by atoms with Crippen molar-refractivity contribution in [2.24, 2.45) is 0 Å². The number of nitrogens with zero attached hydrogens (tertiary/aromatic N) is 2. The van der Waals surface area contributed by atoms with Gasteiger partial charge in [0.25, 0.3) is 5.56 Å². The summed E-state index contributed by atoms with van der Waals surface area (Å²) < 4.78 is 32.4. The van der Waals surface area contributed by atoms with Gasteiger partial charge in [-0.05, 0) is 37.3 Å². The number of rotatable bonds is 6. The van der Waals surface area contributed by atoms with Gasteiger partial charge in [-0.25, -0.2) is 13.8 Å². The van der Waals surface area contributed by atoms with Gasteiger partial charge in [-0.2, -0.15) is 0 Å². The van der Waals surface area contributed by atoms with E-state index < -0.39 is 34.2 Å². The van der Waals surface area contributed by atoms with Gasteiger partial charge in [0.2, 0.25) is 0 Å². The summed E-state index contributed by atoms with van der Waals surface area (Å²) in [5, 5.41) is -0.320. The van der Waals surface area contributed by atoms with Crippen LogP contribution in [0.1, 0.15) is 17.3 Å². The maximum absolute atomic E-state index is 13.5. The van der Waals surface area contributed by atoms with Crippen LogP contribution in [0.15, 0.2) is 52.4 Å². The molecular weight excluding hydrogens is 402 g/mol. The predicted molar refractivity (Wildman–Crippen MR) is 104 cm³/mol. The smallest absolute Gasteiger partial charge is 0.325 e. The van der Waals surface area contributed by atoms with Crippen LogP contribution < -0.4 is 5.56 Å². The van der Waals surface area contributed by atoms with Crippen molar-refractivity contribution >= 4 is 34.4 Å². The molecule has 0 amide bonds. The molecule has 0 unspecified atom stereocenters. The number of esters is 1. The molecular formula is C20H16F2N2O4S. The second kappa shape index (κ2) is 8.52. The molecule has 3 rings (SSSR count). The average molecular weight is 418 g/mol. The van der Waals surface area contributed by atoms with Gasteiger partial charge in [0, 0.05) is 5.56 Å². The molecule has 1 heterocycles. The van der Waals surface area contributed by atoms with E-state index >= 15 is 0 Å². The lowest BCUT2D eigenvalue weighted by Gasteiger charge is -2.15. The summed E-state index contributed by atoms with van der Waals surface area (Å²) >= 11 is 0.943. The van der Waals surface area contributed by atoms with E-state index in [-0.39, 0.29) is 17.3 Å². The van der Waals surface area contributed by atoms with Crippen molar-refractivity contribution in [2.45, 2.75) is 23.9 Å². The van der Waals surface area contributed by atoms with Gasteiger partial charge in [-0.1, -0.05) is 23.9 Å². The standard InChI is InChI=1S/C20H16F2N2O4S/c1-11(18(26)12-7-8-14(21)15(22)9-12)29-20-23-16-6-4-3-5-13(16)19(27)24(20)10-17(25)28-2/h3-9,11H,10H2,1-2H3/t11-/m1/s1. The van der Waals surface area contributed by atoms with E-state index in [1.54, 1.807) is 31.2 Å². The summed E-state index contributed by atoms with van der Waals surface area (Å²) in [4.78, 5) is 41.6. The van der Waals surface area contributed by atoms with Crippen LogP contribution in [0.25, 0.3) is 10.9 Å². The summed E-state index contributed by atoms with van der Waals surface area (Å²) in [7, 11) is 1.20. The molecule has 0 N–H and O–H groups in total. The number of halogens is 2. The van der Waals surface area contributed by atoms with Gasteiger partial charge >= 0.3 is 5.97 Å². The van der Waals surface area contributed by atoms with E-state index in [1.807, 2.05) is 0 Å². The Labute approximate surface area is 168 Å². The maximum Gasteiger partial charge on any atom is 0.325 e. The third-order valence-corrected chi connectivity index (χ3v) is 5.29. The highest BCUT2D eigenvalue weighted by Crippen LogP contribution is 2.25. The van der Waals surface area contributed by atoms with Gasteiger partial charge < -0.3 is 4.74 Å². The number of thioether (sulfide) groups is 1. The van der Waals surface area contributed by atoms with E-state index in [4.69, 9.17) is 0 Å². The van der Waals surface area contributed by atoms with Crippen molar-refractivity contribution in [1.29, 1.82) is 0 Å². The number of benzene rings is 2. The first-order valence-electron chi connectivity index (χ1n) is 8.54. The maximum atomic E-state index is 13.5. The zero-order chi connectivity index (χ0) is 21.1. The molecule has 3 aromatic rings. The van der Waals surface area contributed by atoms with Crippen LogP contribution in [0.4, 0.5) is 8.78 Å². The second-order valence-corrected chi connectivity index (χ2v) is 7.44. The van der Waals surface area contributed by atoms with Gasteiger partial charge in [-0.15, -0.1) is 0 Å². The molecule has 0 aliphatic heterocycles. The largest absolute Gasteiger partial charge is 0.468 e. The first-order chi connectivity index (χ1) is 13.8. The lowest BCUT2D eigenvalue weighted by molar-refractivity contribution is -0.141. The summed E-state index contributed by atoms with van der Waals surface area (Å²) in [6.45, 7) is 1.18. The topological polar surface area (TPSA) is 78.3 Å². The van der Waals surface area contributed by atoms with E-state index in [9.17, 15) is 23.2 Å². The number of para-hydroxylation sites is 1. The Morgan fingerprint density at radius 3 is 2.59 bits per heavy atom. The fourth-order valence-electron chi connectivity index (χ4n) is 2.67. The number of hydrogen-bond acceptors (Lipinski definition) is 6. The third-order valence-electron chi connectivity index (χ3n) is 4.20. The van der Waals surface area contributed by atoms with Crippen LogP contribution in [-0.4, -0.2) is 33.7 Å². The minimum absolute atomic E-state index is 0.00782. The number of fused-ring (bicyclic) bond motifs is 1. The molecule has 29 heavy (non-hydrogen) atoms. The number of aromatic nitrogens is 2. The number of Topliss-reactive ketones (excluding diaryl/α,β-unsaturated/α-hetero) is 1. The first-order valence-corrected chi connectivity index (χ1v) is 9.42. The molecule has 2 aromatic carbocycles. The number of carbonyl (C=O) groups is 2. The lowest BCUT2D eigenvalue weighted by Crippen LogP contribution is -2.28. The Morgan fingerprint density at radius 1 is 1.17 bits per heavy atom. The van der Waals surface area contributed by atoms with Gasteiger partial charge in [0.1, 0.15) is 6.54 Å². The van der Waals surface area contributed by atoms with Gasteiger partial charge in [-0.3, -0.25) is 19.0 Å². The molecule has 0 spiro atoms. The van der Waals surface area contributed by atoms with Crippen LogP contribution in [0, 0.1) is 11.6 Å². The van der Waals surface area contributed by atoms with Gasteiger partial charge in [0.15, 0.2) is 22.6 Å². The normalized spacial score (nSPS) is 12.0. The number of methoxy groups -OCH3 is 1. The molecule has 6 nitrogen and oxygen atoms in total. The molecule has 0 radical (unpaired) electrons. The molecule has 0 fully saturated rings. The van der Waals surface area contributed by atoms with Crippen molar-refractivity contribution in [3.8, 4) is 0 Å². The molecule has 9 heteroatoms. The number of ketones is 1. The quantitative estimate of drug-likeness (QED) is 0.265. The Kier molecular flexibility index (Phi) is 6.07. The molecule has 0 aliphatic carbocycles. The summed E-state index contributed by atoms with van der Waals surface area (Å²) in [6, 6.07) is 9.51. The Morgan fingerprint density at radius 2 is 1.90 bits per heavy atom. The van der Waals surface area contributed by atoms with Crippen molar-refractivity contribution in [1.82, 2.24) is 9.55 Å². The Hall–Kier alpha value is -3.07. The van der Waals surface area contributed by atoms with Crippen molar-refractivity contribution in [3.63, 3.8) is 0 Å². The fraction of sp³-hybridized carbons (Fsp3) is 0.200. The van der Waals surface area contributed by atoms with Crippen LogP contribution in [0.5, 0.6) is 0 Å². The van der Waals surface area contributed by atoms with Crippen molar-refractivity contribution in [2.75, 3.05) is 7.11 Å². The molecule has 0 aliphatic rings. The van der Waals surface area contributed by atoms with E-state index in [1.165, 1.54) is 13.2 Å². The summed E-state index contributed by atoms with van der Waals surface area (Å²) in [5.74, 6) is -3.30. The second-order valence-electron chi connectivity index (χ2n) is 6.13. The summed E-state index contributed by atoms with van der Waals surface area (Å²) in [5.41, 5.74) is -0.0453. The van der Waals surface area contributed by atoms with Crippen LogP contribution in [0.2, 0.25) is 0 Å². The number of carbonyl (C=O) groups excluding carboxylic acids is 2. The first kappa shape index (κ1) is 20.7. The molecule has 0 saturated carbocycles. The molecule has 1 aromatic heterocycles. The molecule has 0 saturated heterocycles. The molecule has 1 atom stereocenters. The number of ether oxygens (including phenoxy) is 1. The highest BCUT2D eigenvalue weighted by molar-refractivity contribution is 8.00. The summed E-state index contributed by atoms with van der Waals surface area (Å²) in [6.07, 6.45) is 0. The minimum Gasteiger partial charge on any atom is -0.468 e. The van der Waals surface area contributed by atoms with Crippen LogP contribution in [0.3, 0.4) is 0 Å². The van der Waals surface area contributed by atoms with E-state index in [0.29, 0.717) is 10.9 Å². The Bertz CT molecular complexity index is 1160. The molecule has 0 bridgehead atoms. The van der Waals surface area contributed by atoms with Gasteiger partial charge in [0.05, 0.1) is 23.3 Å². The zero-order valence-corrected chi connectivity index (χ0v) is 16.3. The van der Waals surface area contributed by atoms with E-state index in [2.05, 4.69) is 9.72 Å². The minimum atomic E-state index is -1.13. The average Bonchev–Trinajstić information content (AvgIpc) is 2.72. The lowest BCUT2D eigenvalue weighted by atomic mass is 10.1. The highest BCUT2D eigenvalue weighted by atomic mass is 32.2. The van der Waals surface area contributed by atoms with Crippen molar-refractivity contribution < 1.29 is 23.1 Å². The van der Waals surface area contributed by atoms with Crippen LogP contribution >= 0.6 is 11.8 Å².